The van der Waals surface area contributed by atoms with Gasteiger partial charge in [0, 0.05) is 6.04 Å². The molecule has 1 aliphatic rings. The average molecular weight is 309 g/mol. The van der Waals surface area contributed by atoms with Crippen LogP contribution in [0, 0.1) is 0 Å². The highest BCUT2D eigenvalue weighted by Gasteiger charge is 2.32. The fourth-order valence-electron chi connectivity index (χ4n) is 3.43. The summed E-state index contributed by atoms with van der Waals surface area (Å²) >= 11 is 0. The van der Waals surface area contributed by atoms with Crippen LogP contribution in [0.15, 0.2) is 54.6 Å². The van der Waals surface area contributed by atoms with Gasteiger partial charge in [-0.05, 0) is 51.6 Å². The van der Waals surface area contributed by atoms with Crippen LogP contribution in [0.3, 0.4) is 0 Å². The Hall–Kier alpha value is -2.00. The quantitative estimate of drug-likeness (QED) is 0.869. The SMILES string of the molecule is CNCCC(c1ccccc1)N1CN(C(C)C)c2ccccc21. The monoisotopic (exact) mass is 309 g/mol. The first kappa shape index (κ1) is 15.9. The van der Waals surface area contributed by atoms with E-state index in [4.69, 9.17) is 0 Å². The van der Waals surface area contributed by atoms with E-state index in [1.54, 1.807) is 0 Å². The van der Waals surface area contributed by atoms with Gasteiger partial charge in [-0.3, -0.25) is 0 Å². The zero-order chi connectivity index (χ0) is 16.2. The fourth-order valence-corrected chi connectivity index (χ4v) is 3.43. The number of rotatable bonds is 6. The zero-order valence-corrected chi connectivity index (χ0v) is 14.4. The van der Waals surface area contributed by atoms with Gasteiger partial charge in [0.1, 0.15) is 0 Å². The van der Waals surface area contributed by atoms with E-state index in [1.807, 2.05) is 7.05 Å². The molecule has 2 aromatic carbocycles. The molecule has 0 aromatic heterocycles. The molecule has 23 heavy (non-hydrogen) atoms. The molecule has 0 aliphatic carbocycles. The summed E-state index contributed by atoms with van der Waals surface area (Å²) in [6.07, 6.45) is 1.10. The number of hydrogen-bond acceptors (Lipinski definition) is 3. The first-order valence-electron chi connectivity index (χ1n) is 8.54. The molecular weight excluding hydrogens is 282 g/mol. The summed E-state index contributed by atoms with van der Waals surface area (Å²) in [7, 11) is 2.03. The highest BCUT2D eigenvalue weighted by Crippen LogP contribution is 2.42. The van der Waals surface area contributed by atoms with Crippen molar-refractivity contribution >= 4 is 11.4 Å². The van der Waals surface area contributed by atoms with E-state index in [0.29, 0.717) is 12.1 Å². The Balaban J connectivity index is 1.97. The van der Waals surface area contributed by atoms with Crippen molar-refractivity contribution in [1.29, 1.82) is 0 Å². The van der Waals surface area contributed by atoms with Crippen molar-refractivity contribution in [2.24, 2.45) is 0 Å². The van der Waals surface area contributed by atoms with Crippen LogP contribution in [0.2, 0.25) is 0 Å². The molecule has 1 atom stereocenters. The summed E-state index contributed by atoms with van der Waals surface area (Å²) in [6, 6.07) is 20.6. The van der Waals surface area contributed by atoms with Crippen molar-refractivity contribution in [2.75, 3.05) is 30.1 Å². The Bertz CT molecular complexity index is 624. The van der Waals surface area contributed by atoms with E-state index in [1.165, 1.54) is 16.9 Å². The minimum Gasteiger partial charge on any atom is -0.350 e. The van der Waals surface area contributed by atoms with Crippen LogP contribution in [0.5, 0.6) is 0 Å². The smallest absolute Gasteiger partial charge is 0.0913 e. The number of para-hydroxylation sites is 2. The van der Waals surface area contributed by atoms with Gasteiger partial charge in [0.15, 0.2) is 0 Å². The number of nitrogens with one attached hydrogen (secondary N) is 1. The predicted molar refractivity (Wildman–Crippen MR) is 99.1 cm³/mol. The lowest BCUT2D eigenvalue weighted by atomic mass is 10.0. The largest absolute Gasteiger partial charge is 0.350 e. The highest BCUT2D eigenvalue weighted by atomic mass is 15.4. The van der Waals surface area contributed by atoms with Crippen LogP contribution in [0.25, 0.3) is 0 Å². The second-order valence-electron chi connectivity index (χ2n) is 6.48. The Kier molecular flexibility index (Phi) is 4.87. The van der Waals surface area contributed by atoms with E-state index in [0.717, 1.165) is 19.6 Å². The van der Waals surface area contributed by atoms with Crippen LogP contribution < -0.4 is 15.1 Å². The lowest BCUT2D eigenvalue weighted by Crippen LogP contribution is -2.38. The first-order valence-corrected chi connectivity index (χ1v) is 8.54. The molecule has 0 radical (unpaired) electrons. The van der Waals surface area contributed by atoms with Crippen molar-refractivity contribution in [3.63, 3.8) is 0 Å². The second kappa shape index (κ2) is 7.05. The van der Waals surface area contributed by atoms with E-state index in [-0.39, 0.29) is 0 Å². The maximum atomic E-state index is 3.31. The minimum absolute atomic E-state index is 0.397. The highest BCUT2D eigenvalue weighted by molar-refractivity contribution is 5.77. The molecule has 2 aromatic rings. The maximum Gasteiger partial charge on any atom is 0.0913 e. The van der Waals surface area contributed by atoms with E-state index in [9.17, 15) is 0 Å². The van der Waals surface area contributed by atoms with E-state index >= 15 is 0 Å². The third-order valence-electron chi connectivity index (χ3n) is 4.66. The summed E-state index contributed by atoms with van der Waals surface area (Å²) in [5, 5.41) is 3.31. The molecule has 0 spiro atoms. The van der Waals surface area contributed by atoms with Gasteiger partial charge in [0.25, 0.3) is 0 Å². The summed E-state index contributed by atoms with van der Waals surface area (Å²) in [4.78, 5) is 5.05. The molecule has 0 saturated heterocycles. The molecule has 1 heterocycles. The summed E-state index contributed by atoms with van der Waals surface area (Å²) in [6.45, 7) is 6.51. The van der Waals surface area contributed by atoms with Gasteiger partial charge in [0.2, 0.25) is 0 Å². The molecule has 0 saturated carbocycles. The van der Waals surface area contributed by atoms with Gasteiger partial charge in [-0.1, -0.05) is 42.5 Å². The molecule has 1 N–H and O–H groups in total. The van der Waals surface area contributed by atoms with Gasteiger partial charge >= 0.3 is 0 Å². The van der Waals surface area contributed by atoms with Crippen LogP contribution >= 0.6 is 0 Å². The van der Waals surface area contributed by atoms with E-state index in [2.05, 4.69) is 83.6 Å². The zero-order valence-electron chi connectivity index (χ0n) is 14.4. The van der Waals surface area contributed by atoms with Gasteiger partial charge in [0.05, 0.1) is 24.1 Å². The van der Waals surface area contributed by atoms with Gasteiger partial charge in [-0.25, -0.2) is 0 Å². The molecule has 3 rings (SSSR count). The number of nitrogens with zero attached hydrogens (tertiary/aromatic N) is 2. The third kappa shape index (κ3) is 3.20. The number of fused-ring (bicyclic) bond motifs is 1. The van der Waals surface area contributed by atoms with Crippen molar-refractivity contribution in [1.82, 2.24) is 5.32 Å². The Labute approximate surface area is 139 Å². The predicted octanol–water partition coefficient (Wildman–Crippen LogP) is 4.03. The minimum atomic E-state index is 0.397. The van der Waals surface area contributed by atoms with Crippen molar-refractivity contribution < 1.29 is 0 Å². The van der Waals surface area contributed by atoms with Crippen LogP contribution in [0.1, 0.15) is 31.9 Å². The Morgan fingerprint density at radius 3 is 2.13 bits per heavy atom. The van der Waals surface area contributed by atoms with Gasteiger partial charge in [-0.2, -0.15) is 0 Å². The van der Waals surface area contributed by atoms with Gasteiger partial charge in [-0.15, -0.1) is 0 Å². The lowest BCUT2D eigenvalue weighted by molar-refractivity contribution is 0.552. The lowest BCUT2D eigenvalue weighted by Gasteiger charge is -2.32. The topological polar surface area (TPSA) is 18.5 Å². The summed E-state index contributed by atoms with van der Waals surface area (Å²) < 4.78 is 0. The molecule has 0 bridgehead atoms. The van der Waals surface area contributed by atoms with Gasteiger partial charge < -0.3 is 15.1 Å². The molecule has 3 nitrogen and oxygen atoms in total. The molecule has 1 unspecified atom stereocenters. The van der Waals surface area contributed by atoms with E-state index < -0.39 is 0 Å². The third-order valence-corrected chi connectivity index (χ3v) is 4.66. The normalized spacial score (nSPS) is 15.1. The van der Waals surface area contributed by atoms with Crippen molar-refractivity contribution in [3.05, 3.63) is 60.2 Å². The second-order valence-corrected chi connectivity index (χ2v) is 6.48. The van der Waals surface area contributed by atoms with Crippen molar-refractivity contribution in [3.8, 4) is 0 Å². The molecule has 1 aliphatic heterocycles. The standard InChI is InChI=1S/C20H27N3/c1-16(2)22-15-23(20-12-8-7-11-19(20)22)18(13-14-21-3)17-9-5-4-6-10-17/h4-12,16,18,21H,13-15H2,1-3H3. The fraction of sp³-hybridized carbons (Fsp3) is 0.400. The number of anilines is 2. The molecule has 0 amide bonds. The Morgan fingerprint density at radius 2 is 1.52 bits per heavy atom. The molecular formula is C20H27N3. The molecule has 3 heteroatoms. The average Bonchev–Trinajstić information content (AvgIpc) is 2.96. The van der Waals surface area contributed by atoms with Crippen LogP contribution in [0.4, 0.5) is 11.4 Å². The maximum absolute atomic E-state index is 3.31. The van der Waals surface area contributed by atoms with Crippen LogP contribution in [-0.4, -0.2) is 26.3 Å². The Morgan fingerprint density at radius 1 is 0.913 bits per heavy atom. The molecule has 122 valence electrons. The van der Waals surface area contributed by atoms with Crippen LogP contribution in [-0.2, 0) is 0 Å². The van der Waals surface area contributed by atoms with Crippen molar-refractivity contribution in [2.45, 2.75) is 32.4 Å². The number of benzene rings is 2. The number of hydrogen-bond donors (Lipinski definition) is 1. The summed E-state index contributed by atoms with van der Waals surface area (Å²) in [5.41, 5.74) is 4.10. The first-order chi connectivity index (χ1) is 11.2. The summed E-state index contributed by atoms with van der Waals surface area (Å²) in [5.74, 6) is 0. The molecule has 0 fully saturated rings.